The maximum Gasteiger partial charge on any atom is 0.471 e. The molecule has 12 heteroatoms. The van der Waals surface area contributed by atoms with Crippen LogP contribution in [-0.2, 0) is 32.1 Å². The highest BCUT2D eigenvalue weighted by atomic mass is 19.4. The van der Waals surface area contributed by atoms with Gasteiger partial charge in [0, 0.05) is 12.6 Å². The van der Waals surface area contributed by atoms with Gasteiger partial charge < -0.3 is 25.6 Å². The number of carbonyl (C=O) groups is 4. The van der Waals surface area contributed by atoms with Gasteiger partial charge in [-0.1, -0.05) is 54.6 Å². The Morgan fingerprint density at radius 3 is 2.44 bits per heavy atom. The van der Waals surface area contributed by atoms with Gasteiger partial charge in [-0.15, -0.1) is 0 Å². The monoisotopic (exact) mass is 546 g/mol. The van der Waals surface area contributed by atoms with Crippen LogP contribution in [0.2, 0.25) is 0 Å². The number of halogens is 3. The summed E-state index contributed by atoms with van der Waals surface area (Å²) in [6.07, 6.45) is -3.97. The van der Waals surface area contributed by atoms with Crippen LogP contribution in [0, 0.1) is 0 Å². The van der Waals surface area contributed by atoms with E-state index in [1.54, 1.807) is 24.3 Å². The molecule has 4 rings (SSSR count). The van der Waals surface area contributed by atoms with Crippen LogP contribution in [0.1, 0.15) is 42.0 Å². The molecule has 1 heterocycles. The van der Waals surface area contributed by atoms with Crippen molar-refractivity contribution in [3.63, 3.8) is 0 Å². The van der Waals surface area contributed by atoms with Crippen molar-refractivity contribution in [2.45, 2.75) is 56.6 Å². The molecule has 9 nitrogen and oxygen atoms in total. The number of hydrogen-bond donors (Lipinski definition) is 3. The number of likely N-dealkylation sites (tertiary alicyclic amines) is 1. The van der Waals surface area contributed by atoms with Crippen LogP contribution in [0.15, 0.2) is 54.6 Å². The molecule has 0 radical (unpaired) electrons. The SMILES string of the molecule is O=C(CNC(=O)OCc1ccccc1)N[C@H]1C[C@@H](C(=O)N[C@@H]2CCCc3ccccc32)N(C(=O)C(F)(F)F)C1. The molecular weight excluding hydrogens is 517 g/mol. The average molecular weight is 547 g/mol. The van der Waals surface area contributed by atoms with Crippen molar-refractivity contribution in [3.8, 4) is 0 Å². The first kappa shape index (κ1) is 27.9. The lowest BCUT2D eigenvalue weighted by atomic mass is 9.87. The normalized spacial score (nSPS) is 20.5. The maximum absolute atomic E-state index is 13.3. The molecule has 4 amide bonds. The Hall–Kier alpha value is -4.09. The number of rotatable bonds is 7. The molecule has 1 aliphatic carbocycles. The van der Waals surface area contributed by atoms with Crippen LogP contribution in [0.25, 0.3) is 0 Å². The minimum atomic E-state index is -5.18. The van der Waals surface area contributed by atoms with E-state index in [-0.39, 0.29) is 19.1 Å². The fourth-order valence-electron chi connectivity index (χ4n) is 4.95. The molecule has 2 aromatic rings. The molecular formula is C27H29F3N4O5. The summed E-state index contributed by atoms with van der Waals surface area (Å²) < 4.78 is 45.0. The van der Waals surface area contributed by atoms with E-state index in [1.165, 1.54) is 0 Å². The molecule has 0 unspecified atom stereocenters. The highest BCUT2D eigenvalue weighted by Gasteiger charge is 2.50. The van der Waals surface area contributed by atoms with E-state index in [4.69, 9.17) is 4.74 Å². The molecule has 2 aromatic carbocycles. The van der Waals surface area contributed by atoms with Gasteiger partial charge in [0.25, 0.3) is 0 Å². The van der Waals surface area contributed by atoms with Gasteiger partial charge in [0.2, 0.25) is 11.8 Å². The molecule has 3 atom stereocenters. The Balaban J connectivity index is 1.34. The van der Waals surface area contributed by atoms with E-state index in [9.17, 15) is 32.3 Å². The fraction of sp³-hybridized carbons (Fsp3) is 0.407. The predicted molar refractivity (Wildman–Crippen MR) is 133 cm³/mol. The number of hydrogen-bond acceptors (Lipinski definition) is 5. The van der Waals surface area contributed by atoms with Gasteiger partial charge in [-0.3, -0.25) is 14.4 Å². The predicted octanol–water partition coefficient (Wildman–Crippen LogP) is 2.75. The number of alkyl carbamates (subject to hydrolysis) is 1. The van der Waals surface area contributed by atoms with Gasteiger partial charge in [-0.25, -0.2) is 4.79 Å². The summed E-state index contributed by atoms with van der Waals surface area (Å²) in [4.78, 5) is 50.0. The third-order valence-corrected chi connectivity index (χ3v) is 6.76. The summed E-state index contributed by atoms with van der Waals surface area (Å²) in [5.74, 6) is -3.56. The lowest BCUT2D eigenvalue weighted by Gasteiger charge is -2.30. The number of amides is 4. The van der Waals surface area contributed by atoms with Crippen LogP contribution in [-0.4, -0.2) is 60.1 Å². The molecule has 0 bridgehead atoms. The van der Waals surface area contributed by atoms with Crippen LogP contribution < -0.4 is 16.0 Å². The highest BCUT2D eigenvalue weighted by Crippen LogP contribution is 2.31. The second-order valence-electron chi connectivity index (χ2n) is 9.54. The Bertz CT molecular complexity index is 1210. The number of nitrogens with one attached hydrogen (secondary N) is 3. The average Bonchev–Trinajstić information content (AvgIpc) is 3.34. The number of benzene rings is 2. The molecule has 1 aliphatic heterocycles. The molecule has 0 spiro atoms. The molecule has 0 saturated carbocycles. The topological polar surface area (TPSA) is 117 Å². The Labute approximate surface area is 223 Å². The van der Waals surface area contributed by atoms with E-state index in [2.05, 4.69) is 16.0 Å². The zero-order chi connectivity index (χ0) is 28.0. The summed E-state index contributed by atoms with van der Waals surface area (Å²) in [7, 11) is 0. The summed E-state index contributed by atoms with van der Waals surface area (Å²) in [5, 5.41) is 7.58. The number of fused-ring (bicyclic) bond motifs is 1. The second kappa shape index (κ2) is 12.2. The zero-order valence-electron chi connectivity index (χ0n) is 21.0. The zero-order valence-corrected chi connectivity index (χ0v) is 21.0. The molecule has 1 fully saturated rings. The first-order valence-corrected chi connectivity index (χ1v) is 12.6. The highest BCUT2D eigenvalue weighted by molar-refractivity contribution is 5.91. The van der Waals surface area contributed by atoms with Crippen LogP contribution in [0.3, 0.4) is 0 Å². The van der Waals surface area contributed by atoms with Gasteiger partial charge in [-0.2, -0.15) is 13.2 Å². The minimum absolute atomic E-state index is 0.00626. The minimum Gasteiger partial charge on any atom is -0.445 e. The van der Waals surface area contributed by atoms with Crippen LogP contribution >= 0.6 is 0 Å². The van der Waals surface area contributed by atoms with Crippen LogP contribution in [0.5, 0.6) is 0 Å². The molecule has 2 aliphatic rings. The first-order chi connectivity index (χ1) is 18.6. The standard InChI is InChI=1S/C27H29F3N4O5/c28-27(29,30)25(37)34-15-19(32-23(35)14-31-26(38)39-16-17-7-2-1-3-8-17)13-22(34)24(36)33-21-12-6-10-18-9-4-5-11-20(18)21/h1-5,7-9,11,19,21-22H,6,10,12-16H2,(H,31,38)(H,32,35)(H,33,36)/t19-,21+,22-/m0/s1. The number of ether oxygens (including phenoxy) is 1. The first-order valence-electron chi connectivity index (χ1n) is 12.6. The molecule has 39 heavy (non-hydrogen) atoms. The van der Waals surface area contributed by atoms with E-state index in [1.807, 2.05) is 30.3 Å². The summed E-state index contributed by atoms with van der Waals surface area (Å²) in [6, 6.07) is 13.7. The van der Waals surface area contributed by atoms with E-state index < -0.39 is 55.2 Å². The molecule has 208 valence electrons. The van der Waals surface area contributed by atoms with Gasteiger partial charge in [-0.05, 0) is 42.4 Å². The lowest BCUT2D eigenvalue weighted by molar-refractivity contribution is -0.186. The molecule has 0 aromatic heterocycles. The number of alkyl halides is 3. The summed E-state index contributed by atoms with van der Waals surface area (Å²) >= 11 is 0. The number of carbonyl (C=O) groups excluding carboxylic acids is 4. The number of aryl methyl sites for hydroxylation is 1. The Morgan fingerprint density at radius 2 is 1.69 bits per heavy atom. The Morgan fingerprint density at radius 1 is 0.974 bits per heavy atom. The van der Waals surface area contributed by atoms with E-state index in [0.29, 0.717) is 11.3 Å². The third-order valence-electron chi connectivity index (χ3n) is 6.76. The second-order valence-corrected chi connectivity index (χ2v) is 9.54. The van der Waals surface area contributed by atoms with Crippen LogP contribution in [0.4, 0.5) is 18.0 Å². The van der Waals surface area contributed by atoms with Gasteiger partial charge in [0.1, 0.15) is 19.2 Å². The van der Waals surface area contributed by atoms with Crippen molar-refractivity contribution < 1.29 is 37.1 Å². The van der Waals surface area contributed by atoms with Crippen molar-refractivity contribution in [1.82, 2.24) is 20.9 Å². The molecule has 1 saturated heterocycles. The maximum atomic E-state index is 13.3. The van der Waals surface area contributed by atoms with Crippen molar-refractivity contribution in [3.05, 3.63) is 71.3 Å². The summed E-state index contributed by atoms with van der Waals surface area (Å²) in [6.45, 7) is -0.997. The largest absolute Gasteiger partial charge is 0.471 e. The smallest absolute Gasteiger partial charge is 0.445 e. The van der Waals surface area contributed by atoms with Crippen molar-refractivity contribution in [1.29, 1.82) is 0 Å². The van der Waals surface area contributed by atoms with Gasteiger partial charge in [0.05, 0.1) is 6.04 Å². The summed E-state index contributed by atoms with van der Waals surface area (Å²) in [5.41, 5.74) is 2.71. The fourth-order valence-corrected chi connectivity index (χ4v) is 4.95. The van der Waals surface area contributed by atoms with Crippen molar-refractivity contribution in [2.24, 2.45) is 0 Å². The van der Waals surface area contributed by atoms with E-state index in [0.717, 1.165) is 29.5 Å². The third kappa shape index (κ3) is 7.27. The van der Waals surface area contributed by atoms with Crippen molar-refractivity contribution >= 4 is 23.8 Å². The molecule has 3 N–H and O–H groups in total. The van der Waals surface area contributed by atoms with Crippen molar-refractivity contribution in [2.75, 3.05) is 13.1 Å². The van der Waals surface area contributed by atoms with Gasteiger partial charge in [0.15, 0.2) is 0 Å². The Kier molecular flexibility index (Phi) is 8.72. The quantitative estimate of drug-likeness (QED) is 0.494. The lowest BCUT2D eigenvalue weighted by Crippen LogP contribution is -2.51. The van der Waals surface area contributed by atoms with Gasteiger partial charge >= 0.3 is 18.2 Å². The number of nitrogens with zero attached hydrogens (tertiary/aromatic N) is 1. The van der Waals surface area contributed by atoms with E-state index >= 15 is 0 Å².